The van der Waals surface area contributed by atoms with Gasteiger partial charge in [-0.2, -0.15) is 0 Å². The summed E-state index contributed by atoms with van der Waals surface area (Å²) < 4.78 is 31.5. The van der Waals surface area contributed by atoms with Crippen molar-refractivity contribution in [2.75, 3.05) is 0 Å². The predicted molar refractivity (Wildman–Crippen MR) is 87.6 cm³/mol. The number of fused-ring (bicyclic) bond motifs is 1. The molecule has 0 saturated heterocycles. The monoisotopic (exact) mass is 364 g/mol. The number of ether oxygens (including phenoxy) is 1. The van der Waals surface area contributed by atoms with Gasteiger partial charge in [0.2, 0.25) is 0 Å². The topological polar surface area (TPSA) is 72.0 Å². The van der Waals surface area contributed by atoms with Crippen LogP contribution in [0.2, 0.25) is 5.02 Å². The van der Waals surface area contributed by atoms with E-state index in [0.29, 0.717) is 23.0 Å². The van der Waals surface area contributed by atoms with Crippen molar-refractivity contribution in [3.8, 4) is 0 Å². The minimum Gasteiger partial charge on any atom is -0.451 e. The number of esters is 1. The molecule has 0 amide bonds. The lowest BCUT2D eigenvalue weighted by molar-refractivity contribution is 0.0319. The summed E-state index contributed by atoms with van der Waals surface area (Å²) in [6.45, 7) is 1.48. The summed E-state index contributed by atoms with van der Waals surface area (Å²) in [6.07, 6.45) is -0.936. The van der Waals surface area contributed by atoms with E-state index in [4.69, 9.17) is 16.3 Å². The van der Waals surface area contributed by atoms with Gasteiger partial charge >= 0.3 is 5.97 Å². The molecular weight excluding hydrogens is 354 g/mol. The van der Waals surface area contributed by atoms with Crippen LogP contribution in [0, 0.1) is 11.6 Å². The van der Waals surface area contributed by atoms with E-state index < -0.39 is 23.7 Å². The number of aromatic nitrogens is 2. The highest BCUT2D eigenvalue weighted by Gasteiger charge is 2.21. The lowest BCUT2D eigenvalue weighted by Crippen LogP contribution is -2.17. The molecule has 0 bridgehead atoms. The number of aromatic amines is 1. The van der Waals surface area contributed by atoms with Gasteiger partial charge in [-0.05, 0) is 31.2 Å². The number of para-hydroxylation sites is 1. The average Bonchev–Trinajstić information content (AvgIpc) is 2.58. The summed E-state index contributed by atoms with van der Waals surface area (Å²) in [5, 5.41) is 0.115. The number of halogens is 3. The molecule has 3 rings (SSSR count). The van der Waals surface area contributed by atoms with Crippen LogP contribution in [0.4, 0.5) is 8.78 Å². The van der Waals surface area contributed by atoms with Crippen LogP contribution in [0.15, 0.2) is 41.2 Å². The summed E-state index contributed by atoms with van der Waals surface area (Å²) in [4.78, 5) is 31.0. The van der Waals surface area contributed by atoms with Gasteiger partial charge in [0, 0.05) is 0 Å². The molecule has 128 valence electrons. The van der Waals surface area contributed by atoms with Crippen molar-refractivity contribution >= 4 is 28.5 Å². The largest absolute Gasteiger partial charge is 0.451 e. The third kappa shape index (κ3) is 3.36. The average molecular weight is 365 g/mol. The molecule has 3 aromatic rings. The van der Waals surface area contributed by atoms with Gasteiger partial charge in [0.15, 0.2) is 23.6 Å². The second-order valence-electron chi connectivity index (χ2n) is 5.26. The zero-order chi connectivity index (χ0) is 18.1. The highest BCUT2D eigenvalue weighted by atomic mass is 35.5. The Kier molecular flexibility index (Phi) is 4.50. The molecule has 0 aliphatic heterocycles. The van der Waals surface area contributed by atoms with E-state index in [2.05, 4.69) is 9.97 Å². The molecule has 0 saturated carbocycles. The molecule has 0 aliphatic carbocycles. The van der Waals surface area contributed by atoms with Gasteiger partial charge in [0.25, 0.3) is 5.56 Å². The SMILES string of the molecule is C[C@H](OC(=O)c1cc(F)c(F)cc1Cl)c1nc2ccccc2c(=O)[nH]1. The van der Waals surface area contributed by atoms with Crippen molar-refractivity contribution in [2.24, 2.45) is 0 Å². The summed E-state index contributed by atoms with van der Waals surface area (Å²) in [6, 6.07) is 8.03. The Hall–Kier alpha value is -2.80. The molecule has 1 N–H and O–H groups in total. The van der Waals surface area contributed by atoms with Crippen LogP contribution in [0.25, 0.3) is 10.9 Å². The van der Waals surface area contributed by atoms with E-state index in [-0.39, 0.29) is 22.0 Å². The highest BCUT2D eigenvalue weighted by molar-refractivity contribution is 6.33. The maximum absolute atomic E-state index is 13.3. The first kappa shape index (κ1) is 17.0. The van der Waals surface area contributed by atoms with Crippen LogP contribution < -0.4 is 5.56 Å². The fraction of sp³-hybridized carbons (Fsp3) is 0.118. The third-order valence-electron chi connectivity index (χ3n) is 3.53. The highest BCUT2D eigenvalue weighted by Crippen LogP contribution is 2.23. The van der Waals surface area contributed by atoms with E-state index in [1.165, 1.54) is 6.92 Å². The van der Waals surface area contributed by atoms with Crippen LogP contribution >= 0.6 is 11.6 Å². The molecule has 8 heteroatoms. The van der Waals surface area contributed by atoms with Crippen LogP contribution in [0.5, 0.6) is 0 Å². The first-order valence-electron chi connectivity index (χ1n) is 7.21. The smallest absolute Gasteiger partial charge is 0.340 e. The molecule has 25 heavy (non-hydrogen) atoms. The number of hydrogen-bond acceptors (Lipinski definition) is 4. The zero-order valence-corrected chi connectivity index (χ0v) is 13.6. The Balaban J connectivity index is 1.90. The molecule has 2 aromatic carbocycles. The van der Waals surface area contributed by atoms with Gasteiger partial charge in [-0.1, -0.05) is 23.7 Å². The van der Waals surface area contributed by atoms with Gasteiger partial charge < -0.3 is 9.72 Å². The molecule has 5 nitrogen and oxygen atoms in total. The van der Waals surface area contributed by atoms with Gasteiger partial charge in [0.1, 0.15) is 0 Å². The van der Waals surface area contributed by atoms with Crippen molar-refractivity contribution in [3.63, 3.8) is 0 Å². The predicted octanol–water partition coefficient (Wildman–Crippen LogP) is 3.77. The van der Waals surface area contributed by atoms with E-state index in [9.17, 15) is 18.4 Å². The van der Waals surface area contributed by atoms with E-state index >= 15 is 0 Å². The summed E-state index contributed by atoms with van der Waals surface area (Å²) in [5.74, 6) is -3.24. The fourth-order valence-corrected chi connectivity index (χ4v) is 2.48. The Labute approximate surface area is 145 Å². The number of nitrogens with zero attached hydrogens (tertiary/aromatic N) is 1. The number of carbonyl (C=O) groups excluding carboxylic acids is 1. The molecule has 0 fully saturated rings. The van der Waals surface area contributed by atoms with Crippen molar-refractivity contribution < 1.29 is 18.3 Å². The molecule has 0 radical (unpaired) electrons. The van der Waals surface area contributed by atoms with Crippen molar-refractivity contribution in [2.45, 2.75) is 13.0 Å². The van der Waals surface area contributed by atoms with Crippen LogP contribution in [0.3, 0.4) is 0 Å². The minimum atomic E-state index is -1.22. The molecule has 1 aromatic heterocycles. The minimum absolute atomic E-state index is 0.121. The first-order valence-corrected chi connectivity index (χ1v) is 7.59. The molecule has 0 spiro atoms. The molecule has 1 atom stereocenters. The van der Waals surface area contributed by atoms with Crippen molar-refractivity contribution in [1.29, 1.82) is 0 Å². The van der Waals surface area contributed by atoms with E-state index in [1.807, 2.05) is 0 Å². The van der Waals surface area contributed by atoms with Gasteiger partial charge in [-0.15, -0.1) is 0 Å². The van der Waals surface area contributed by atoms with E-state index in [1.54, 1.807) is 24.3 Å². The van der Waals surface area contributed by atoms with Gasteiger partial charge in [0.05, 0.1) is 21.5 Å². The quantitative estimate of drug-likeness (QED) is 0.567. The summed E-state index contributed by atoms with van der Waals surface area (Å²) in [7, 11) is 0. The van der Waals surface area contributed by atoms with E-state index in [0.717, 1.165) is 0 Å². The third-order valence-corrected chi connectivity index (χ3v) is 3.84. The number of hydrogen-bond donors (Lipinski definition) is 1. The first-order chi connectivity index (χ1) is 11.9. The van der Waals surface area contributed by atoms with Crippen LogP contribution in [0.1, 0.15) is 29.2 Å². The van der Waals surface area contributed by atoms with Crippen LogP contribution in [-0.4, -0.2) is 15.9 Å². The van der Waals surface area contributed by atoms with Gasteiger partial charge in [-0.3, -0.25) is 4.79 Å². The van der Waals surface area contributed by atoms with Gasteiger partial charge in [-0.25, -0.2) is 18.6 Å². The molecule has 1 heterocycles. The fourth-order valence-electron chi connectivity index (χ4n) is 2.26. The standard InChI is InChI=1S/C17H11ClF2N2O3/c1-8(15-21-14-5-3-2-4-9(14)16(23)22-15)25-17(24)10-6-12(19)13(20)7-11(10)18/h2-8H,1H3,(H,21,22,23)/t8-/m0/s1. The number of rotatable bonds is 3. The zero-order valence-electron chi connectivity index (χ0n) is 12.8. The normalized spacial score (nSPS) is 12.2. The van der Waals surface area contributed by atoms with Crippen molar-refractivity contribution in [1.82, 2.24) is 9.97 Å². The Morgan fingerprint density at radius 1 is 1.24 bits per heavy atom. The van der Waals surface area contributed by atoms with Crippen molar-refractivity contribution in [3.05, 3.63) is 74.8 Å². The summed E-state index contributed by atoms with van der Waals surface area (Å²) >= 11 is 5.75. The lowest BCUT2D eigenvalue weighted by atomic mass is 10.2. The Morgan fingerprint density at radius 2 is 1.92 bits per heavy atom. The molecular formula is C17H11ClF2N2O3. The number of carbonyl (C=O) groups is 1. The summed E-state index contributed by atoms with van der Waals surface area (Å²) in [5.41, 5.74) is -0.264. The molecule has 0 aliphatic rings. The lowest BCUT2D eigenvalue weighted by Gasteiger charge is -2.14. The maximum Gasteiger partial charge on any atom is 0.340 e. The Morgan fingerprint density at radius 3 is 2.68 bits per heavy atom. The molecule has 0 unspecified atom stereocenters. The second kappa shape index (κ2) is 6.60. The Bertz CT molecular complexity index is 1040. The maximum atomic E-state index is 13.3. The number of benzene rings is 2. The number of H-pyrrole nitrogens is 1. The number of nitrogens with one attached hydrogen (secondary N) is 1. The van der Waals surface area contributed by atoms with Crippen LogP contribution in [-0.2, 0) is 4.74 Å². The second-order valence-corrected chi connectivity index (χ2v) is 5.67.